The highest BCUT2D eigenvalue weighted by atomic mass is 127. The number of benzene rings is 2. The fourth-order valence-electron chi connectivity index (χ4n) is 3.14. The van der Waals surface area contributed by atoms with Crippen molar-refractivity contribution in [3.05, 3.63) is 71.8 Å². The van der Waals surface area contributed by atoms with Gasteiger partial charge in [-0.15, -0.1) is 0 Å². The second-order valence-corrected chi connectivity index (χ2v) is 7.43. The standard InChI is InChI=1S/C18H19NO2.C2H5I.C2H6/c20-18(21)17-13-19(11-14-7-3-1-4-8-14)12-16(17)15-9-5-2-6-10-15;1-2-3;1-2/h1-10,16-17H,11-13H2,(H,20,21);2H2,1H3;1-2H3/t16-,17+;;/m0../s1. The van der Waals surface area contributed by atoms with Gasteiger partial charge in [0.05, 0.1) is 5.92 Å². The van der Waals surface area contributed by atoms with Crippen molar-refractivity contribution in [3.63, 3.8) is 0 Å². The Labute approximate surface area is 171 Å². The third-order valence-corrected chi connectivity index (χ3v) is 4.19. The van der Waals surface area contributed by atoms with Gasteiger partial charge in [-0.05, 0) is 15.6 Å². The summed E-state index contributed by atoms with van der Waals surface area (Å²) in [5, 5.41) is 9.50. The van der Waals surface area contributed by atoms with E-state index in [-0.39, 0.29) is 11.8 Å². The van der Waals surface area contributed by atoms with Crippen LogP contribution in [0.1, 0.15) is 37.8 Å². The molecule has 0 spiro atoms. The Morgan fingerprint density at radius 3 is 2.04 bits per heavy atom. The van der Waals surface area contributed by atoms with Gasteiger partial charge in [-0.3, -0.25) is 9.69 Å². The first-order valence-corrected chi connectivity index (χ1v) is 10.8. The van der Waals surface area contributed by atoms with Crippen LogP contribution in [-0.2, 0) is 11.3 Å². The van der Waals surface area contributed by atoms with E-state index in [2.05, 4.69) is 46.5 Å². The number of carbonyl (C=O) groups is 1. The van der Waals surface area contributed by atoms with Crippen molar-refractivity contribution in [1.29, 1.82) is 0 Å². The van der Waals surface area contributed by atoms with E-state index in [1.165, 1.54) is 9.99 Å². The molecule has 1 N–H and O–H groups in total. The average molecular weight is 467 g/mol. The molecule has 26 heavy (non-hydrogen) atoms. The molecule has 1 heterocycles. The first-order valence-electron chi connectivity index (χ1n) is 9.25. The van der Waals surface area contributed by atoms with Gasteiger partial charge >= 0.3 is 5.97 Å². The summed E-state index contributed by atoms with van der Waals surface area (Å²) in [5.41, 5.74) is 2.36. The van der Waals surface area contributed by atoms with Gasteiger partial charge in [0, 0.05) is 25.6 Å². The van der Waals surface area contributed by atoms with Crippen LogP contribution in [0.15, 0.2) is 60.7 Å². The van der Waals surface area contributed by atoms with Crippen LogP contribution in [0.5, 0.6) is 0 Å². The molecule has 2 aromatic carbocycles. The molecule has 0 saturated carbocycles. The van der Waals surface area contributed by atoms with E-state index in [4.69, 9.17) is 0 Å². The minimum absolute atomic E-state index is 0.0763. The molecule has 0 amide bonds. The topological polar surface area (TPSA) is 40.5 Å². The lowest BCUT2D eigenvalue weighted by molar-refractivity contribution is -0.141. The van der Waals surface area contributed by atoms with Gasteiger partial charge in [0.2, 0.25) is 0 Å². The van der Waals surface area contributed by atoms with E-state index >= 15 is 0 Å². The van der Waals surface area contributed by atoms with Crippen LogP contribution in [0.25, 0.3) is 0 Å². The van der Waals surface area contributed by atoms with Gasteiger partial charge in [-0.2, -0.15) is 0 Å². The van der Waals surface area contributed by atoms with E-state index < -0.39 is 5.97 Å². The molecule has 1 saturated heterocycles. The van der Waals surface area contributed by atoms with E-state index in [0.717, 1.165) is 18.7 Å². The van der Waals surface area contributed by atoms with Gasteiger partial charge in [-0.1, -0.05) is 104 Å². The van der Waals surface area contributed by atoms with E-state index in [1.54, 1.807) is 0 Å². The second kappa shape index (κ2) is 12.9. The van der Waals surface area contributed by atoms with Crippen molar-refractivity contribution < 1.29 is 9.90 Å². The predicted molar refractivity (Wildman–Crippen MR) is 118 cm³/mol. The Bertz CT molecular complexity index is 619. The van der Waals surface area contributed by atoms with Crippen molar-refractivity contribution in [2.24, 2.45) is 5.92 Å². The molecule has 2 aromatic rings. The highest BCUT2D eigenvalue weighted by Crippen LogP contribution is 2.33. The molecular formula is C22H30INO2. The lowest BCUT2D eigenvalue weighted by Crippen LogP contribution is -2.23. The van der Waals surface area contributed by atoms with Crippen molar-refractivity contribution >= 4 is 28.6 Å². The van der Waals surface area contributed by atoms with Gasteiger partial charge in [0.1, 0.15) is 0 Å². The van der Waals surface area contributed by atoms with Crippen LogP contribution in [0.4, 0.5) is 0 Å². The zero-order valence-corrected chi connectivity index (χ0v) is 18.1. The minimum atomic E-state index is -0.695. The molecule has 4 heteroatoms. The normalized spacial score (nSPS) is 18.9. The number of nitrogens with zero attached hydrogens (tertiary/aromatic N) is 1. The van der Waals surface area contributed by atoms with Gasteiger partial charge in [0.25, 0.3) is 0 Å². The Hall–Kier alpha value is -1.40. The quantitative estimate of drug-likeness (QED) is 0.480. The lowest BCUT2D eigenvalue weighted by Gasteiger charge is -2.16. The number of halogens is 1. The van der Waals surface area contributed by atoms with Crippen LogP contribution in [-0.4, -0.2) is 33.5 Å². The lowest BCUT2D eigenvalue weighted by atomic mass is 9.89. The number of carboxylic acids is 1. The molecule has 0 radical (unpaired) electrons. The summed E-state index contributed by atoms with van der Waals surface area (Å²) >= 11 is 2.29. The summed E-state index contributed by atoms with van der Waals surface area (Å²) in [7, 11) is 0. The molecule has 0 aromatic heterocycles. The molecule has 3 rings (SSSR count). The zero-order chi connectivity index (χ0) is 19.4. The molecule has 142 valence electrons. The van der Waals surface area contributed by atoms with Gasteiger partial charge < -0.3 is 5.11 Å². The maximum atomic E-state index is 11.6. The Kier molecular flexibility index (Phi) is 11.2. The number of hydrogen-bond acceptors (Lipinski definition) is 2. The van der Waals surface area contributed by atoms with Crippen LogP contribution < -0.4 is 0 Å². The Morgan fingerprint density at radius 1 is 1.04 bits per heavy atom. The van der Waals surface area contributed by atoms with Crippen molar-refractivity contribution in [3.8, 4) is 0 Å². The number of hydrogen-bond donors (Lipinski definition) is 1. The van der Waals surface area contributed by atoms with E-state index in [0.29, 0.717) is 6.54 Å². The largest absolute Gasteiger partial charge is 0.481 e. The predicted octanol–water partition coefficient (Wildman–Crippen LogP) is 5.45. The zero-order valence-electron chi connectivity index (χ0n) is 15.9. The smallest absolute Gasteiger partial charge is 0.308 e. The maximum Gasteiger partial charge on any atom is 0.308 e. The third kappa shape index (κ3) is 7.08. The van der Waals surface area contributed by atoms with E-state index in [1.807, 2.05) is 62.4 Å². The second-order valence-electron chi connectivity index (χ2n) is 5.91. The highest BCUT2D eigenvalue weighted by molar-refractivity contribution is 14.1. The first kappa shape index (κ1) is 22.6. The maximum absolute atomic E-state index is 11.6. The summed E-state index contributed by atoms with van der Waals surface area (Å²) < 4.78 is 1.22. The van der Waals surface area contributed by atoms with Gasteiger partial charge in [-0.25, -0.2) is 0 Å². The molecule has 0 unspecified atom stereocenters. The van der Waals surface area contributed by atoms with Crippen LogP contribution in [0, 0.1) is 5.92 Å². The van der Waals surface area contributed by atoms with Crippen LogP contribution in [0.2, 0.25) is 0 Å². The van der Waals surface area contributed by atoms with E-state index in [9.17, 15) is 9.90 Å². The molecule has 1 aliphatic rings. The Balaban J connectivity index is 0.000000615. The first-order chi connectivity index (χ1) is 12.7. The third-order valence-electron chi connectivity index (χ3n) is 4.19. The number of carboxylic acid groups (broad SMARTS) is 1. The summed E-state index contributed by atoms with van der Waals surface area (Å²) in [6, 6.07) is 20.2. The highest BCUT2D eigenvalue weighted by Gasteiger charge is 2.38. The molecule has 0 bridgehead atoms. The summed E-state index contributed by atoms with van der Waals surface area (Å²) in [4.78, 5) is 13.8. The number of alkyl halides is 1. The van der Waals surface area contributed by atoms with Crippen molar-refractivity contribution in [2.75, 3.05) is 17.5 Å². The molecule has 0 aliphatic carbocycles. The monoisotopic (exact) mass is 467 g/mol. The fourth-order valence-corrected chi connectivity index (χ4v) is 3.14. The summed E-state index contributed by atoms with van der Waals surface area (Å²) in [6.07, 6.45) is 0. The molecule has 1 fully saturated rings. The number of aliphatic carboxylic acids is 1. The Morgan fingerprint density at radius 2 is 1.54 bits per heavy atom. The molecule has 1 aliphatic heterocycles. The van der Waals surface area contributed by atoms with Crippen LogP contribution in [0.3, 0.4) is 0 Å². The number of rotatable bonds is 4. The SMILES string of the molecule is CC.CCI.O=C(O)[C@@H]1CN(Cc2ccccc2)C[C@H]1c1ccccc1. The number of likely N-dealkylation sites (tertiary alicyclic amines) is 1. The van der Waals surface area contributed by atoms with Crippen molar-refractivity contribution in [1.82, 2.24) is 4.90 Å². The molecule has 2 atom stereocenters. The summed E-state index contributed by atoms with van der Waals surface area (Å²) in [5.74, 6) is -0.942. The van der Waals surface area contributed by atoms with Crippen molar-refractivity contribution in [2.45, 2.75) is 33.2 Å². The molecule has 3 nitrogen and oxygen atoms in total. The fraction of sp³-hybridized carbons (Fsp3) is 0.409. The van der Waals surface area contributed by atoms with Crippen LogP contribution >= 0.6 is 22.6 Å². The minimum Gasteiger partial charge on any atom is -0.481 e. The summed E-state index contributed by atoms with van der Waals surface area (Å²) in [6.45, 7) is 8.34. The average Bonchev–Trinajstić information content (AvgIpc) is 3.10. The van der Waals surface area contributed by atoms with Gasteiger partial charge in [0.15, 0.2) is 0 Å². The molecular weight excluding hydrogens is 437 g/mol.